The molecule has 1 unspecified atom stereocenters. The number of aromatic nitrogens is 2. The monoisotopic (exact) mass is 975 g/mol. The van der Waals surface area contributed by atoms with Crippen LogP contribution in [0.15, 0.2) is 168 Å². The normalized spacial score (nSPS) is 18.9. The topological polar surface area (TPSA) is 48.2 Å². The first-order valence-corrected chi connectivity index (χ1v) is 25.5. The van der Waals surface area contributed by atoms with Crippen LogP contribution in [-0.2, 0) is 0 Å². The van der Waals surface area contributed by atoms with E-state index in [1.165, 1.54) is 12.1 Å². The molecule has 1 atom stereocenters. The van der Waals surface area contributed by atoms with E-state index in [1.54, 1.807) is 30.3 Å². The molecule has 3 heterocycles. The lowest BCUT2D eigenvalue weighted by molar-refractivity contribution is 0.0398. The smallest absolute Gasteiger partial charge is 0.145 e. The average molecular weight is 975 g/mol. The Hall–Kier alpha value is -7.82. The van der Waals surface area contributed by atoms with Crippen molar-refractivity contribution in [1.82, 2.24) is 9.97 Å². The maximum absolute atomic E-state index is 9.69. The number of rotatable bonds is 8. The molecule has 0 N–H and O–H groups in total. The zero-order chi connectivity index (χ0) is 59.6. The molecule has 12 rings (SSSR count). The Labute approximate surface area is 450 Å². The lowest BCUT2D eigenvalue weighted by Gasteiger charge is -2.49. The molecule has 0 radical (unpaired) electrons. The van der Waals surface area contributed by atoms with Gasteiger partial charge in [0.2, 0.25) is 0 Å². The number of hydrogen-bond acceptors (Lipinski definition) is 4. The number of nitrogens with zero attached hydrogens (tertiary/aromatic N) is 2. The van der Waals surface area contributed by atoms with Gasteiger partial charge in [-0.15, -0.1) is 0 Å². The molecule has 0 saturated heterocycles. The SMILES string of the molecule is [2H]C([2H])([2H])c1cnc(-c2cc(Oc3cc(-c4cc(-c5ccc(-c6ccc(C7([2H])CCC(C)(C)C(C)(C)C7)cc6C)cc5C)c(C)cn4)c4oc5cc6c(ccc7ccccc76)cc5c4c3)c(C([2H])([2H])[2H])c(-c3ccccc3)c2)cc1C([2H])([2H])[2H]. The zero-order valence-electron chi connectivity index (χ0n) is 52.9. The van der Waals surface area contributed by atoms with Crippen molar-refractivity contribution in [2.75, 3.05) is 0 Å². The number of ether oxygens (including phenoxy) is 1. The molecule has 1 aliphatic carbocycles. The minimum Gasteiger partial charge on any atom is -0.457 e. The third kappa shape index (κ3) is 8.25. The van der Waals surface area contributed by atoms with Crippen LogP contribution in [0.5, 0.6) is 11.5 Å². The molecule has 1 saturated carbocycles. The van der Waals surface area contributed by atoms with E-state index in [-0.39, 0.29) is 39.1 Å². The van der Waals surface area contributed by atoms with Gasteiger partial charge >= 0.3 is 0 Å². The van der Waals surface area contributed by atoms with Gasteiger partial charge in [0.15, 0.2) is 0 Å². The van der Waals surface area contributed by atoms with Crippen molar-refractivity contribution in [3.8, 4) is 67.4 Å². The fraction of sp³-hybridized carbons (Fsp3) is 0.229. The van der Waals surface area contributed by atoms with Gasteiger partial charge in [-0.25, -0.2) is 0 Å². The van der Waals surface area contributed by atoms with Crippen molar-refractivity contribution in [2.24, 2.45) is 10.8 Å². The first kappa shape index (κ1) is 37.0. The van der Waals surface area contributed by atoms with E-state index in [9.17, 15) is 1.37 Å². The summed E-state index contributed by atoms with van der Waals surface area (Å²) in [5.74, 6) is -0.421. The van der Waals surface area contributed by atoms with Crippen molar-refractivity contribution in [1.29, 1.82) is 0 Å². The van der Waals surface area contributed by atoms with Crippen LogP contribution in [0.25, 0.3) is 99.4 Å². The molecular formula is C70H64N2O2. The zero-order valence-corrected chi connectivity index (χ0v) is 42.9. The van der Waals surface area contributed by atoms with Crippen molar-refractivity contribution >= 4 is 43.5 Å². The highest BCUT2D eigenvalue weighted by atomic mass is 16.5. The number of aryl methyl sites for hydroxylation is 5. The Bertz CT molecular complexity index is 4460. The molecule has 0 bridgehead atoms. The molecule has 1 aliphatic rings. The summed E-state index contributed by atoms with van der Waals surface area (Å²) in [6.07, 6.45) is 5.55. The summed E-state index contributed by atoms with van der Waals surface area (Å²) in [7, 11) is 0. The summed E-state index contributed by atoms with van der Waals surface area (Å²) >= 11 is 0. The number of fused-ring (bicyclic) bond motifs is 6. The second-order valence-corrected chi connectivity index (χ2v) is 21.8. The van der Waals surface area contributed by atoms with Crippen molar-refractivity contribution in [3.63, 3.8) is 0 Å². The Kier molecular flexibility index (Phi) is 8.99. The molecule has 366 valence electrons. The summed E-state index contributed by atoms with van der Waals surface area (Å²) in [6, 6.07) is 48.8. The Morgan fingerprint density at radius 3 is 2.09 bits per heavy atom. The van der Waals surface area contributed by atoms with E-state index < -0.39 is 32.0 Å². The number of benzene rings is 8. The Balaban J connectivity index is 1.01. The van der Waals surface area contributed by atoms with E-state index >= 15 is 0 Å². The van der Waals surface area contributed by atoms with Crippen LogP contribution >= 0.6 is 0 Å². The van der Waals surface area contributed by atoms with E-state index in [1.807, 2.05) is 43.5 Å². The Morgan fingerprint density at radius 2 is 1.30 bits per heavy atom. The molecule has 4 nitrogen and oxygen atoms in total. The quantitative estimate of drug-likeness (QED) is 0.142. The summed E-state index contributed by atoms with van der Waals surface area (Å²) < 4.78 is 100. The third-order valence-electron chi connectivity index (χ3n) is 16.4. The van der Waals surface area contributed by atoms with E-state index in [0.29, 0.717) is 44.5 Å². The van der Waals surface area contributed by atoms with Crippen LogP contribution in [0.2, 0.25) is 0 Å². The number of pyridine rings is 2. The number of furan rings is 1. The van der Waals surface area contributed by atoms with Gasteiger partial charge < -0.3 is 9.15 Å². The van der Waals surface area contributed by atoms with Gasteiger partial charge in [-0.3, -0.25) is 9.97 Å². The maximum atomic E-state index is 9.69. The molecule has 8 aromatic carbocycles. The minimum absolute atomic E-state index is 0.0276. The molecular weight excluding hydrogens is 901 g/mol. The van der Waals surface area contributed by atoms with Gasteiger partial charge in [0, 0.05) is 48.0 Å². The van der Waals surface area contributed by atoms with Crippen molar-refractivity contribution in [3.05, 3.63) is 203 Å². The predicted molar refractivity (Wildman–Crippen MR) is 311 cm³/mol. The average Bonchev–Trinajstić information content (AvgIpc) is 1.55. The third-order valence-corrected chi connectivity index (χ3v) is 16.4. The van der Waals surface area contributed by atoms with E-state index in [0.717, 1.165) is 96.9 Å². The van der Waals surface area contributed by atoms with Crippen LogP contribution in [0.4, 0.5) is 0 Å². The summed E-state index contributed by atoms with van der Waals surface area (Å²) in [5.41, 5.74) is 11.3. The first-order chi connectivity index (χ1) is 39.6. The molecule has 3 aromatic heterocycles. The second kappa shape index (κ2) is 18.0. The highest BCUT2D eigenvalue weighted by Gasteiger charge is 2.42. The molecule has 1 fully saturated rings. The van der Waals surface area contributed by atoms with Gasteiger partial charge in [-0.05, 0) is 220 Å². The van der Waals surface area contributed by atoms with Gasteiger partial charge in [-0.2, -0.15) is 0 Å². The minimum atomic E-state index is -2.81. The van der Waals surface area contributed by atoms with Gasteiger partial charge in [0.05, 0.1) is 11.4 Å². The standard InChI is InChI=1S/C70H64N2O2/c1-41-30-64(71-39-44(41)4)53-32-59(47-16-12-11-13-17-47)46(6)66(33-53)73-54-34-62-61-31-51-21-20-48-18-14-15-19-57(48)60(51)37-67(61)74-68(62)63(35-54)65-36-58(45(5)40-72-65)56-25-23-50(29-43(56)3)55-24-22-49(28-42(55)2)52-26-27-69(7,8)70(9,10)38-52/h11-25,28-37,39-40,52H,26-27,38H2,1-10H3/i1D3,4D3,6D3,52D. The summed E-state index contributed by atoms with van der Waals surface area (Å²) in [4.78, 5) is 9.57. The second-order valence-electron chi connectivity index (χ2n) is 21.8. The first-order valence-electron chi connectivity index (χ1n) is 30.5. The highest BCUT2D eigenvalue weighted by molar-refractivity contribution is 6.18. The fourth-order valence-electron chi connectivity index (χ4n) is 11.2. The largest absolute Gasteiger partial charge is 0.457 e. The highest BCUT2D eigenvalue weighted by Crippen LogP contribution is 2.54. The van der Waals surface area contributed by atoms with Crippen LogP contribution in [-0.4, -0.2) is 9.97 Å². The molecule has 0 aliphatic heterocycles. The van der Waals surface area contributed by atoms with Crippen LogP contribution < -0.4 is 4.74 Å². The van der Waals surface area contributed by atoms with Gasteiger partial charge in [-0.1, -0.05) is 131 Å². The van der Waals surface area contributed by atoms with E-state index in [2.05, 4.69) is 125 Å². The molecule has 4 heteroatoms. The summed E-state index contributed by atoms with van der Waals surface area (Å²) in [5, 5.41) is 5.68. The van der Waals surface area contributed by atoms with Gasteiger partial charge in [0.1, 0.15) is 22.7 Å². The lowest BCUT2D eigenvalue weighted by atomic mass is 9.56. The van der Waals surface area contributed by atoms with Crippen molar-refractivity contribution < 1.29 is 22.9 Å². The van der Waals surface area contributed by atoms with Crippen LogP contribution in [0, 0.1) is 52.2 Å². The maximum Gasteiger partial charge on any atom is 0.145 e. The molecule has 11 aromatic rings. The molecule has 0 spiro atoms. The Morgan fingerprint density at radius 1 is 0.527 bits per heavy atom. The van der Waals surface area contributed by atoms with E-state index in [4.69, 9.17) is 26.5 Å². The molecule has 0 amide bonds. The molecule has 74 heavy (non-hydrogen) atoms. The van der Waals surface area contributed by atoms with Crippen molar-refractivity contribution in [2.45, 2.75) is 94.2 Å². The van der Waals surface area contributed by atoms with Gasteiger partial charge in [0.25, 0.3) is 0 Å². The van der Waals surface area contributed by atoms with Crippen LogP contribution in [0.1, 0.15) is 106 Å². The fourth-order valence-corrected chi connectivity index (χ4v) is 11.2. The lowest BCUT2D eigenvalue weighted by Crippen LogP contribution is -2.38. The van der Waals surface area contributed by atoms with Crippen LogP contribution in [0.3, 0.4) is 0 Å². The summed E-state index contributed by atoms with van der Waals surface area (Å²) in [6.45, 7) is 7.27. The predicted octanol–water partition coefficient (Wildman–Crippen LogP) is 20.0. The number of hydrogen-bond donors (Lipinski definition) is 0.